The van der Waals surface area contributed by atoms with Crippen LogP contribution in [0.25, 0.3) is 0 Å². The van der Waals surface area contributed by atoms with Crippen molar-refractivity contribution in [3.63, 3.8) is 0 Å². The molecule has 1 amide bonds. The molecule has 6 heteroatoms. The van der Waals surface area contributed by atoms with Crippen LogP contribution in [0.5, 0.6) is 11.5 Å². The number of anilines is 2. The predicted molar refractivity (Wildman–Crippen MR) is 124 cm³/mol. The topological polar surface area (TPSA) is 54.0 Å². The molecule has 2 fully saturated rings. The standard InChI is InChI=1S/C26H31N3O3/c1-28-10-2-3-19-13-18(4-6-22(19)28)16-29-11-8-26(9-12-29)15-21(26)25(30)27-20-5-7-23-24(14-20)32-17-31-23/h4-7,13-14,21H,2-3,8-12,15-17H2,1H3,(H,27,30). The summed E-state index contributed by atoms with van der Waals surface area (Å²) < 4.78 is 10.8. The molecule has 1 N–H and O–H groups in total. The van der Waals surface area contributed by atoms with E-state index in [4.69, 9.17) is 9.47 Å². The molecule has 1 saturated carbocycles. The molecule has 2 aromatic rings. The number of piperidine rings is 1. The summed E-state index contributed by atoms with van der Waals surface area (Å²) in [6.07, 6.45) is 5.67. The van der Waals surface area contributed by atoms with E-state index in [1.54, 1.807) is 0 Å². The van der Waals surface area contributed by atoms with Crippen molar-refractivity contribution < 1.29 is 14.3 Å². The van der Waals surface area contributed by atoms with Crippen molar-refractivity contribution >= 4 is 17.3 Å². The van der Waals surface area contributed by atoms with Gasteiger partial charge in [-0.1, -0.05) is 12.1 Å². The Kier molecular flexibility index (Phi) is 4.79. The SMILES string of the molecule is CN1CCCc2cc(CN3CCC4(CC3)CC4C(=O)Nc3ccc4c(c3)OCO4)ccc21. The number of nitrogens with one attached hydrogen (secondary N) is 1. The van der Waals surface area contributed by atoms with Crippen LogP contribution in [0.4, 0.5) is 11.4 Å². The number of benzene rings is 2. The number of likely N-dealkylation sites (tertiary alicyclic amines) is 1. The number of hydrogen-bond acceptors (Lipinski definition) is 5. The lowest BCUT2D eigenvalue weighted by atomic mass is 9.90. The fraction of sp³-hybridized carbons (Fsp3) is 0.500. The maximum absolute atomic E-state index is 12.9. The zero-order chi connectivity index (χ0) is 21.7. The summed E-state index contributed by atoms with van der Waals surface area (Å²) in [4.78, 5) is 17.8. The van der Waals surface area contributed by atoms with Crippen molar-refractivity contribution in [3.8, 4) is 11.5 Å². The Bertz CT molecular complexity index is 1040. The Balaban J connectivity index is 1.03. The van der Waals surface area contributed by atoms with E-state index in [1.165, 1.54) is 29.7 Å². The molecule has 6 rings (SSSR count). The van der Waals surface area contributed by atoms with Gasteiger partial charge in [0.25, 0.3) is 0 Å². The lowest BCUT2D eigenvalue weighted by molar-refractivity contribution is -0.118. The summed E-state index contributed by atoms with van der Waals surface area (Å²) in [5.41, 5.74) is 5.30. The highest BCUT2D eigenvalue weighted by atomic mass is 16.7. The number of amides is 1. The molecule has 1 spiro atoms. The van der Waals surface area contributed by atoms with E-state index >= 15 is 0 Å². The second-order valence-corrected chi connectivity index (χ2v) is 9.94. The molecule has 2 aromatic carbocycles. The number of carbonyl (C=O) groups excluding carboxylic acids is 1. The minimum atomic E-state index is 0.134. The predicted octanol–water partition coefficient (Wildman–Crippen LogP) is 4.04. The third kappa shape index (κ3) is 3.60. The van der Waals surface area contributed by atoms with Crippen LogP contribution in [-0.2, 0) is 17.8 Å². The van der Waals surface area contributed by atoms with Gasteiger partial charge >= 0.3 is 0 Å². The van der Waals surface area contributed by atoms with Crippen LogP contribution in [-0.4, -0.2) is 44.3 Å². The molecular formula is C26H31N3O3. The molecule has 32 heavy (non-hydrogen) atoms. The van der Waals surface area contributed by atoms with Gasteiger partial charge in [-0.05, 0) is 79.9 Å². The summed E-state index contributed by atoms with van der Waals surface area (Å²) >= 11 is 0. The largest absolute Gasteiger partial charge is 0.454 e. The molecule has 168 valence electrons. The van der Waals surface area contributed by atoms with Crippen LogP contribution in [0.1, 0.15) is 36.8 Å². The summed E-state index contributed by atoms with van der Waals surface area (Å²) in [5, 5.41) is 3.10. The first kappa shape index (κ1) is 19.9. The number of rotatable bonds is 4. The second-order valence-electron chi connectivity index (χ2n) is 9.94. The average molecular weight is 434 g/mol. The molecule has 1 unspecified atom stereocenters. The van der Waals surface area contributed by atoms with E-state index < -0.39 is 0 Å². The summed E-state index contributed by atoms with van der Waals surface area (Å²) in [5.74, 6) is 1.73. The molecule has 1 saturated heterocycles. The molecule has 0 aromatic heterocycles. The van der Waals surface area contributed by atoms with E-state index in [9.17, 15) is 4.79 Å². The van der Waals surface area contributed by atoms with E-state index in [-0.39, 0.29) is 24.0 Å². The molecule has 4 aliphatic rings. The van der Waals surface area contributed by atoms with Crippen LogP contribution < -0.4 is 19.7 Å². The lowest BCUT2D eigenvalue weighted by Crippen LogP contribution is -2.36. The van der Waals surface area contributed by atoms with Gasteiger partial charge in [0.1, 0.15) is 0 Å². The maximum atomic E-state index is 12.9. The highest BCUT2D eigenvalue weighted by Gasteiger charge is 2.58. The zero-order valence-electron chi connectivity index (χ0n) is 18.7. The first-order valence-electron chi connectivity index (χ1n) is 11.9. The van der Waals surface area contributed by atoms with E-state index in [0.717, 1.165) is 56.9 Å². The minimum absolute atomic E-state index is 0.134. The van der Waals surface area contributed by atoms with E-state index in [0.29, 0.717) is 5.75 Å². The van der Waals surface area contributed by atoms with Gasteiger partial charge in [0.05, 0.1) is 0 Å². The fourth-order valence-electron chi connectivity index (χ4n) is 5.83. The van der Waals surface area contributed by atoms with Crippen molar-refractivity contribution in [1.29, 1.82) is 0 Å². The van der Waals surface area contributed by atoms with Gasteiger partial charge in [-0.2, -0.15) is 0 Å². The molecule has 0 bridgehead atoms. The van der Waals surface area contributed by atoms with Crippen molar-refractivity contribution in [2.45, 2.75) is 38.6 Å². The summed E-state index contributed by atoms with van der Waals surface area (Å²) in [6.45, 7) is 4.57. The monoisotopic (exact) mass is 433 g/mol. The first-order chi connectivity index (χ1) is 15.6. The third-order valence-corrected chi connectivity index (χ3v) is 7.90. The highest BCUT2D eigenvalue weighted by molar-refractivity contribution is 5.95. The smallest absolute Gasteiger partial charge is 0.231 e. The van der Waals surface area contributed by atoms with Crippen LogP contribution in [0.2, 0.25) is 0 Å². The molecule has 3 aliphatic heterocycles. The van der Waals surface area contributed by atoms with Gasteiger partial charge in [0.2, 0.25) is 12.7 Å². The van der Waals surface area contributed by atoms with Crippen LogP contribution in [0.15, 0.2) is 36.4 Å². The van der Waals surface area contributed by atoms with E-state index in [2.05, 4.69) is 40.4 Å². The van der Waals surface area contributed by atoms with Crippen molar-refractivity contribution in [1.82, 2.24) is 4.90 Å². The van der Waals surface area contributed by atoms with Gasteiger partial charge in [-0.3, -0.25) is 9.69 Å². The van der Waals surface area contributed by atoms with E-state index in [1.807, 2.05) is 18.2 Å². The van der Waals surface area contributed by atoms with Crippen molar-refractivity contribution in [3.05, 3.63) is 47.5 Å². The number of hydrogen-bond donors (Lipinski definition) is 1. The first-order valence-corrected chi connectivity index (χ1v) is 11.9. The molecule has 1 aliphatic carbocycles. The third-order valence-electron chi connectivity index (χ3n) is 7.90. The van der Waals surface area contributed by atoms with Gasteiger partial charge in [0, 0.05) is 43.5 Å². The van der Waals surface area contributed by atoms with Gasteiger partial charge < -0.3 is 19.7 Å². The average Bonchev–Trinajstić information content (AvgIpc) is 3.29. The molecular weight excluding hydrogens is 402 g/mol. The Morgan fingerprint density at radius 2 is 1.94 bits per heavy atom. The normalized spacial score (nSPS) is 23.2. The number of nitrogens with zero attached hydrogens (tertiary/aromatic N) is 2. The fourth-order valence-corrected chi connectivity index (χ4v) is 5.83. The molecule has 0 radical (unpaired) electrons. The quantitative estimate of drug-likeness (QED) is 0.789. The number of carbonyl (C=O) groups is 1. The Morgan fingerprint density at radius 1 is 1.09 bits per heavy atom. The number of ether oxygens (including phenoxy) is 2. The van der Waals surface area contributed by atoms with Crippen LogP contribution in [0, 0.1) is 11.3 Å². The molecule has 1 atom stereocenters. The van der Waals surface area contributed by atoms with Gasteiger partial charge in [-0.25, -0.2) is 0 Å². The van der Waals surface area contributed by atoms with Crippen LogP contribution >= 0.6 is 0 Å². The van der Waals surface area contributed by atoms with Crippen molar-refractivity contribution in [2.75, 3.05) is 43.7 Å². The number of aryl methyl sites for hydroxylation is 1. The van der Waals surface area contributed by atoms with Crippen LogP contribution in [0.3, 0.4) is 0 Å². The molecule has 3 heterocycles. The summed E-state index contributed by atoms with van der Waals surface area (Å²) in [6, 6.07) is 12.6. The van der Waals surface area contributed by atoms with Crippen molar-refractivity contribution in [2.24, 2.45) is 11.3 Å². The minimum Gasteiger partial charge on any atom is -0.454 e. The Hall–Kier alpha value is -2.73. The highest BCUT2D eigenvalue weighted by Crippen LogP contribution is 2.59. The molecule has 6 nitrogen and oxygen atoms in total. The maximum Gasteiger partial charge on any atom is 0.231 e. The second kappa shape index (κ2) is 7.69. The Morgan fingerprint density at radius 3 is 2.81 bits per heavy atom. The van der Waals surface area contributed by atoms with Gasteiger partial charge in [0.15, 0.2) is 11.5 Å². The Labute approximate surface area is 189 Å². The van der Waals surface area contributed by atoms with Gasteiger partial charge in [-0.15, -0.1) is 0 Å². The lowest BCUT2D eigenvalue weighted by Gasteiger charge is -2.33. The zero-order valence-corrected chi connectivity index (χ0v) is 18.7. The number of fused-ring (bicyclic) bond motifs is 2. The summed E-state index contributed by atoms with van der Waals surface area (Å²) in [7, 11) is 2.19.